The molecule has 0 bridgehead atoms. The van der Waals surface area contributed by atoms with E-state index >= 15 is 0 Å². The van der Waals surface area contributed by atoms with Crippen LogP contribution in [0.25, 0.3) is 10.2 Å². The first kappa shape index (κ1) is 20.8. The zero-order valence-corrected chi connectivity index (χ0v) is 17.7. The maximum Gasteiger partial charge on any atom is 0.337 e. The summed E-state index contributed by atoms with van der Waals surface area (Å²) in [6, 6.07) is 12.6. The van der Waals surface area contributed by atoms with Crippen LogP contribution in [0.1, 0.15) is 20.7 Å². The lowest BCUT2D eigenvalue weighted by Crippen LogP contribution is -2.19. The van der Waals surface area contributed by atoms with Gasteiger partial charge in [-0.15, -0.1) is 0 Å². The van der Waals surface area contributed by atoms with Gasteiger partial charge in [-0.3, -0.25) is 4.79 Å². The van der Waals surface area contributed by atoms with Gasteiger partial charge in [0.05, 0.1) is 29.5 Å². The topological polar surface area (TPSA) is 73.1 Å². The number of ether oxygens (including phenoxy) is 2. The number of methoxy groups -OCH3 is 2. The highest BCUT2D eigenvalue weighted by Gasteiger charge is 2.13. The molecule has 8 heteroatoms. The minimum absolute atomic E-state index is 0.318. The molecule has 1 heterocycles. The molecule has 1 amide bonds. The Morgan fingerprint density at radius 2 is 1.76 bits per heavy atom. The molecule has 0 radical (unpaired) electrons. The Morgan fingerprint density at radius 3 is 2.38 bits per heavy atom. The van der Waals surface area contributed by atoms with Gasteiger partial charge in [-0.1, -0.05) is 11.3 Å². The molecular formula is C21H23N3O4S. The van der Waals surface area contributed by atoms with Crippen molar-refractivity contribution in [2.45, 2.75) is 6.54 Å². The highest BCUT2D eigenvalue weighted by molar-refractivity contribution is 7.16. The Balaban J connectivity index is 2.05. The minimum Gasteiger partial charge on any atom is -0.465 e. The van der Waals surface area contributed by atoms with Gasteiger partial charge in [0, 0.05) is 39.0 Å². The number of hydrogen-bond donors (Lipinski definition) is 0. The van der Waals surface area contributed by atoms with Crippen molar-refractivity contribution in [3.05, 3.63) is 58.4 Å². The summed E-state index contributed by atoms with van der Waals surface area (Å²) >= 11 is 1.35. The van der Waals surface area contributed by atoms with E-state index in [0.29, 0.717) is 29.1 Å². The van der Waals surface area contributed by atoms with Crippen LogP contribution in [-0.2, 0) is 16.0 Å². The van der Waals surface area contributed by atoms with E-state index in [1.807, 2.05) is 41.8 Å². The summed E-state index contributed by atoms with van der Waals surface area (Å²) in [5.74, 6) is -0.722. The maximum atomic E-state index is 12.7. The largest absolute Gasteiger partial charge is 0.465 e. The number of carbonyl (C=O) groups excluding carboxylic acids is 2. The fraction of sp³-hybridized carbons (Fsp3) is 0.286. The van der Waals surface area contributed by atoms with E-state index in [9.17, 15) is 9.59 Å². The second kappa shape index (κ2) is 9.02. The molecule has 2 aromatic carbocycles. The van der Waals surface area contributed by atoms with Crippen molar-refractivity contribution in [2.24, 2.45) is 4.99 Å². The number of rotatable bonds is 6. The monoisotopic (exact) mass is 413 g/mol. The van der Waals surface area contributed by atoms with Crippen molar-refractivity contribution in [3.63, 3.8) is 0 Å². The summed E-state index contributed by atoms with van der Waals surface area (Å²) in [6.07, 6.45) is 0. The number of anilines is 1. The summed E-state index contributed by atoms with van der Waals surface area (Å²) in [4.78, 5) is 31.4. The lowest BCUT2D eigenvalue weighted by atomic mass is 10.2. The van der Waals surface area contributed by atoms with Gasteiger partial charge < -0.3 is 18.9 Å². The van der Waals surface area contributed by atoms with Crippen molar-refractivity contribution >= 4 is 39.1 Å². The van der Waals surface area contributed by atoms with Crippen LogP contribution in [0.3, 0.4) is 0 Å². The summed E-state index contributed by atoms with van der Waals surface area (Å²) in [5, 5.41) is 0. The second-order valence-corrected chi connectivity index (χ2v) is 7.57. The van der Waals surface area contributed by atoms with Gasteiger partial charge in [-0.25, -0.2) is 4.79 Å². The first-order chi connectivity index (χ1) is 13.9. The molecule has 1 aromatic heterocycles. The molecule has 0 aliphatic rings. The summed E-state index contributed by atoms with van der Waals surface area (Å²) in [6.45, 7) is 1.02. The molecule has 0 N–H and O–H groups in total. The second-order valence-electron chi connectivity index (χ2n) is 6.56. The van der Waals surface area contributed by atoms with E-state index in [-0.39, 0.29) is 5.91 Å². The highest BCUT2D eigenvalue weighted by atomic mass is 32.1. The summed E-state index contributed by atoms with van der Waals surface area (Å²) in [7, 11) is 6.86. The Labute approximate surface area is 172 Å². The fourth-order valence-electron chi connectivity index (χ4n) is 2.86. The zero-order chi connectivity index (χ0) is 21.0. The maximum absolute atomic E-state index is 12.7. The smallest absolute Gasteiger partial charge is 0.337 e. The van der Waals surface area contributed by atoms with Crippen LogP contribution in [0.2, 0.25) is 0 Å². The van der Waals surface area contributed by atoms with Gasteiger partial charge in [0.1, 0.15) is 0 Å². The summed E-state index contributed by atoms with van der Waals surface area (Å²) in [5.41, 5.74) is 2.86. The Bertz CT molecular complexity index is 1100. The lowest BCUT2D eigenvalue weighted by Gasteiger charge is -2.11. The molecule has 0 atom stereocenters. The van der Waals surface area contributed by atoms with E-state index in [0.717, 1.165) is 15.9 Å². The van der Waals surface area contributed by atoms with E-state index in [4.69, 9.17) is 9.47 Å². The molecule has 152 valence electrons. The predicted octanol–water partition coefficient (Wildman–Crippen LogP) is 2.94. The van der Waals surface area contributed by atoms with Crippen molar-refractivity contribution in [3.8, 4) is 0 Å². The molecule has 0 spiro atoms. The standard InChI is InChI=1S/C21H23N3O4S/c1-23(2)16-8-5-14(6-9-16)19(25)22-21-24(11-12-27-3)17-10-7-15(20(26)28-4)13-18(17)29-21/h5-10,13H,11-12H2,1-4H3. The van der Waals surface area contributed by atoms with Gasteiger partial charge in [0.25, 0.3) is 5.91 Å². The van der Waals surface area contributed by atoms with E-state index < -0.39 is 5.97 Å². The molecule has 0 saturated carbocycles. The average molecular weight is 413 g/mol. The van der Waals surface area contributed by atoms with Crippen LogP contribution in [0.4, 0.5) is 5.69 Å². The molecule has 0 aliphatic heterocycles. The number of nitrogens with zero attached hydrogens (tertiary/aromatic N) is 3. The van der Waals surface area contributed by atoms with E-state index in [2.05, 4.69) is 4.99 Å². The van der Waals surface area contributed by atoms with Crippen LogP contribution in [0.5, 0.6) is 0 Å². The third kappa shape index (κ3) is 4.55. The molecule has 0 aliphatic carbocycles. The average Bonchev–Trinajstić information content (AvgIpc) is 3.07. The Kier molecular flexibility index (Phi) is 6.46. The SMILES string of the molecule is COCCn1c(=NC(=O)c2ccc(N(C)C)cc2)sc2cc(C(=O)OC)ccc21. The third-order valence-electron chi connectivity index (χ3n) is 4.45. The molecule has 0 unspecified atom stereocenters. The van der Waals surface area contributed by atoms with Crippen molar-refractivity contribution < 1.29 is 19.1 Å². The Hall–Kier alpha value is -2.97. The molecule has 3 aromatic rings. The van der Waals surface area contributed by atoms with Crippen LogP contribution >= 0.6 is 11.3 Å². The van der Waals surface area contributed by atoms with Gasteiger partial charge >= 0.3 is 5.97 Å². The van der Waals surface area contributed by atoms with Crippen LogP contribution in [0, 0.1) is 0 Å². The van der Waals surface area contributed by atoms with Crippen molar-refractivity contribution in [2.75, 3.05) is 39.8 Å². The van der Waals surface area contributed by atoms with E-state index in [1.165, 1.54) is 18.4 Å². The summed E-state index contributed by atoms with van der Waals surface area (Å²) < 4.78 is 12.8. The quantitative estimate of drug-likeness (QED) is 0.581. The molecule has 7 nitrogen and oxygen atoms in total. The zero-order valence-electron chi connectivity index (χ0n) is 16.8. The third-order valence-corrected chi connectivity index (χ3v) is 5.49. The number of fused-ring (bicyclic) bond motifs is 1. The van der Waals surface area contributed by atoms with E-state index in [1.54, 1.807) is 31.4 Å². The number of thiazole rings is 1. The molecule has 29 heavy (non-hydrogen) atoms. The van der Waals surface area contributed by atoms with Crippen LogP contribution < -0.4 is 9.70 Å². The number of aromatic nitrogens is 1. The predicted molar refractivity (Wildman–Crippen MR) is 114 cm³/mol. The Morgan fingerprint density at radius 1 is 1.07 bits per heavy atom. The molecule has 3 rings (SSSR count). The van der Waals surface area contributed by atoms with Crippen molar-refractivity contribution in [1.82, 2.24) is 4.57 Å². The lowest BCUT2D eigenvalue weighted by molar-refractivity contribution is 0.0600. The molecule has 0 saturated heterocycles. The van der Waals surface area contributed by atoms with Gasteiger partial charge in [0.2, 0.25) is 0 Å². The van der Waals surface area contributed by atoms with Gasteiger partial charge in [-0.2, -0.15) is 4.99 Å². The number of amides is 1. The first-order valence-electron chi connectivity index (χ1n) is 9.01. The number of hydrogen-bond acceptors (Lipinski definition) is 6. The number of benzene rings is 2. The van der Waals surface area contributed by atoms with Crippen LogP contribution in [-0.4, -0.2) is 51.4 Å². The fourth-order valence-corrected chi connectivity index (χ4v) is 3.95. The number of esters is 1. The van der Waals surface area contributed by atoms with Crippen molar-refractivity contribution in [1.29, 1.82) is 0 Å². The highest BCUT2D eigenvalue weighted by Crippen LogP contribution is 2.20. The van der Waals surface area contributed by atoms with Crippen LogP contribution in [0.15, 0.2) is 47.5 Å². The molecular weight excluding hydrogens is 390 g/mol. The van der Waals surface area contributed by atoms with Gasteiger partial charge in [0.15, 0.2) is 4.80 Å². The normalized spacial score (nSPS) is 11.7. The number of carbonyl (C=O) groups is 2. The van der Waals surface area contributed by atoms with Gasteiger partial charge in [-0.05, 0) is 42.5 Å². The molecule has 0 fully saturated rings. The first-order valence-corrected chi connectivity index (χ1v) is 9.83. The minimum atomic E-state index is -0.403.